The van der Waals surface area contributed by atoms with Crippen molar-refractivity contribution < 1.29 is 28.7 Å². The molecule has 10 heteroatoms. The molecular formula is C33H40N4O6. The van der Waals surface area contributed by atoms with Gasteiger partial charge in [0.05, 0.1) is 13.1 Å². The molecule has 0 fully saturated rings. The van der Waals surface area contributed by atoms with Crippen molar-refractivity contribution in [3.63, 3.8) is 0 Å². The Morgan fingerprint density at radius 2 is 1.14 bits per heavy atom. The van der Waals surface area contributed by atoms with Crippen molar-refractivity contribution in [3.8, 4) is 0 Å². The van der Waals surface area contributed by atoms with Crippen LogP contribution in [-0.2, 0) is 45.0 Å². The van der Waals surface area contributed by atoms with Gasteiger partial charge in [0.1, 0.15) is 13.2 Å². The number of carbonyl (C=O) groups excluding carboxylic acids is 4. The Morgan fingerprint density at radius 3 is 1.72 bits per heavy atom. The predicted octanol–water partition coefficient (Wildman–Crippen LogP) is 3.98. The van der Waals surface area contributed by atoms with E-state index in [2.05, 4.69) is 16.0 Å². The molecular weight excluding hydrogens is 548 g/mol. The molecule has 4 amide bonds. The maximum atomic E-state index is 12.3. The van der Waals surface area contributed by atoms with E-state index < -0.39 is 12.2 Å². The highest BCUT2D eigenvalue weighted by atomic mass is 16.6. The number of aryl methyl sites for hydroxylation is 2. The zero-order chi connectivity index (χ0) is 30.7. The summed E-state index contributed by atoms with van der Waals surface area (Å²) in [5.74, 6) is -0.109. The number of benzene rings is 3. The van der Waals surface area contributed by atoms with Crippen molar-refractivity contribution in [1.29, 1.82) is 0 Å². The van der Waals surface area contributed by atoms with Crippen molar-refractivity contribution in [3.05, 3.63) is 107 Å². The zero-order valence-corrected chi connectivity index (χ0v) is 24.6. The number of ether oxygens (including phenoxy) is 2. The summed E-state index contributed by atoms with van der Waals surface area (Å²) in [5.41, 5.74) is 3.86. The van der Waals surface area contributed by atoms with Crippen LogP contribution >= 0.6 is 0 Å². The van der Waals surface area contributed by atoms with Gasteiger partial charge in [-0.15, -0.1) is 0 Å². The molecule has 10 nitrogen and oxygen atoms in total. The van der Waals surface area contributed by atoms with Crippen LogP contribution in [0.3, 0.4) is 0 Å². The molecule has 43 heavy (non-hydrogen) atoms. The third kappa shape index (κ3) is 13.6. The number of alkyl carbamates (subject to hydrolysis) is 2. The van der Waals surface area contributed by atoms with Crippen molar-refractivity contribution in [1.82, 2.24) is 20.9 Å². The maximum Gasteiger partial charge on any atom is 0.407 e. The Hall–Kier alpha value is -4.86. The SMILES string of the molecule is CN(CCOC(=O)NCc1cccc(CNC(=O)OCCNC(=O)CCc2ccccc2)c1)C(=O)CCc1ccccc1. The highest BCUT2D eigenvalue weighted by Gasteiger charge is 2.11. The van der Waals surface area contributed by atoms with Crippen LogP contribution in [0.25, 0.3) is 0 Å². The first-order valence-corrected chi connectivity index (χ1v) is 14.4. The lowest BCUT2D eigenvalue weighted by atomic mass is 10.1. The maximum absolute atomic E-state index is 12.3. The van der Waals surface area contributed by atoms with E-state index >= 15 is 0 Å². The summed E-state index contributed by atoms with van der Waals surface area (Å²) < 4.78 is 10.3. The van der Waals surface area contributed by atoms with E-state index in [0.717, 1.165) is 22.3 Å². The molecule has 3 aromatic rings. The molecule has 0 bridgehead atoms. The van der Waals surface area contributed by atoms with Crippen molar-refractivity contribution >= 4 is 24.0 Å². The van der Waals surface area contributed by atoms with Gasteiger partial charge in [-0.2, -0.15) is 0 Å². The third-order valence-corrected chi connectivity index (χ3v) is 6.56. The summed E-state index contributed by atoms with van der Waals surface area (Å²) >= 11 is 0. The third-order valence-electron chi connectivity index (χ3n) is 6.56. The number of nitrogens with one attached hydrogen (secondary N) is 3. The molecule has 0 aliphatic heterocycles. The lowest BCUT2D eigenvalue weighted by Gasteiger charge is -2.17. The van der Waals surface area contributed by atoms with Gasteiger partial charge in [0, 0.05) is 33.0 Å². The van der Waals surface area contributed by atoms with Gasteiger partial charge in [-0.25, -0.2) is 9.59 Å². The van der Waals surface area contributed by atoms with Crippen molar-refractivity contribution in [2.75, 3.05) is 33.4 Å². The van der Waals surface area contributed by atoms with Crippen molar-refractivity contribution in [2.24, 2.45) is 0 Å². The zero-order valence-electron chi connectivity index (χ0n) is 24.6. The van der Waals surface area contributed by atoms with Gasteiger partial charge < -0.3 is 30.3 Å². The minimum absolute atomic E-state index is 0.0107. The van der Waals surface area contributed by atoms with E-state index in [1.807, 2.05) is 84.9 Å². The van der Waals surface area contributed by atoms with Crippen molar-refractivity contribution in [2.45, 2.75) is 38.8 Å². The van der Waals surface area contributed by atoms with Gasteiger partial charge >= 0.3 is 12.2 Å². The van der Waals surface area contributed by atoms with Gasteiger partial charge in [0.2, 0.25) is 11.8 Å². The minimum Gasteiger partial charge on any atom is -0.448 e. The fourth-order valence-electron chi connectivity index (χ4n) is 4.11. The molecule has 0 radical (unpaired) electrons. The summed E-state index contributed by atoms with van der Waals surface area (Å²) in [6, 6.07) is 26.9. The summed E-state index contributed by atoms with van der Waals surface area (Å²) in [7, 11) is 1.69. The lowest BCUT2D eigenvalue weighted by molar-refractivity contribution is -0.130. The van der Waals surface area contributed by atoms with Crippen LogP contribution in [0.2, 0.25) is 0 Å². The molecule has 0 heterocycles. The van der Waals surface area contributed by atoms with Gasteiger partial charge in [-0.05, 0) is 35.1 Å². The number of hydrogen-bond donors (Lipinski definition) is 3. The smallest absolute Gasteiger partial charge is 0.407 e. The first-order valence-electron chi connectivity index (χ1n) is 14.4. The molecule has 3 N–H and O–H groups in total. The lowest BCUT2D eigenvalue weighted by Crippen LogP contribution is -2.32. The van der Waals surface area contributed by atoms with E-state index in [1.54, 1.807) is 11.9 Å². The summed E-state index contributed by atoms with van der Waals surface area (Å²) in [6.45, 7) is 1.17. The van der Waals surface area contributed by atoms with E-state index in [4.69, 9.17) is 9.47 Å². The quantitative estimate of drug-likeness (QED) is 0.217. The second-order valence-electron chi connectivity index (χ2n) is 9.94. The molecule has 0 atom stereocenters. The first-order chi connectivity index (χ1) is 20.9. The van der Waals surface area contributed by atoms with Gasteiger partial charge in [0.25, 0.3) is 0 Å². The monoisotopic (exact) mass is 588 g/mol. The largest absolute Gasteiger partial charge is 0.448 e. The number of likely N-dealkylation sites (N-methyl/N-ethyl adjacent to an activating group) is 1. The average Bonchev–Trinajstić information content (AvgIpc) is 3.03. The van der Waals surface area contributed by atoms with E-state index in [1.165, 1.54) is 0 Å². The molecule has 0 aliphatic rings. The number of carbonyl (C=O) groups is 4. The van der Waals surface area contributed by atoms with Crippen LogP contribution in [0.5, 0.6) is 0 Å². The van der Waals surface area contributed by atoms with Gasteiger partial charge in [-0.1, -0.05) is 84.9 Å². The van der Waals surface area contributed by atoms with Crippen LogP contribution in [0, 0.1) is 0 Å². The topological polar surface area (TPSA) is 126 Å². The Balaban J connectivity index is 1.24. The average molecular weight is 589 g/mol. The van der Waals surface area contributed by atoms with Crippen LogP contribution in [-0.4, -0.2) is 62.3 Å². The number of nitrogens with zero attached hydrogens (tertiary/aromatic N) is 1. The molecule has 0 spiro atoms. The van der Waals surface area contributed by atoms with Gasteiger partial charge in [-0.3, -0.25) is 9.59 Å². The summed E-state index contributed by atoms with van der Waals surface area (Å²) in [4.78, 5) is 49.9. The molecule has 0 saturated carbocycles. The predicted molar refractivity (Wildman–Crippen MR) is 163 cm³/mol. The normalized spacial score (nSPS) is 10.3. The van der Waals surface area contributed by atoms with Crippen LogP contribution in [0.15, 0.2) is 84.9 Å². The number of hydrogen-bond acceptors (Lipinski definition) is 6. The highest BCUT2D eigenvalue weighted by molar-refractivity contribution is 5.76. The Morgan fingerprint density at radius 1 is 0.628 bits per heavy atom. The summed E-state index contributed by atoms with van der Waals surface area (Å²) in [5, 5.41) is 8.10. The second-order valence-corrected chi connectivity index (χ2v) is 9.94. The van der Waals surface area contributed by atoms with E-state index in [9.17, 15) is 19.2 Å². The molecule has 3 aromatic carbocycles. The Bertz CT molecular complexity index is 1300. The second kappa shape index (κ2) is 18.5. The fraction of sp³-hybridized carbons (Fsp3) is 0.333. The standard InChI is InChI=1S/C33H40N4O6/c1-37(31(39)18-16-27-11-6-3-7-12-27)20-22-43-33(41)36-25-29-14-8-13-28(23-29)24-35-32(40)42-21-19-34-30(38)17-15-26-9-4-2-5-10-26/h2-14,23H,15-22,24-25H2,1H3,(H,34,38)(H,35,40)(H,36,41). The summed E-state index contributed by atoms with van der Waals surface area (Å²) in [6.07, 6.45) is 0.908. The molecule has 0 unspecified atom stereocenters. The molecule has 3 rings (SSSR count). The highest BCUT2D eigenvalue weighted by Crippen LogP contribution is 2.07. The number of rotatable bonds is 16. The fourth-order valence-corrected chi connectivity index (χ4v) is 4.11. The van der Waals surface area contributed by atoms with Crippen LogP contribution < -0.4 is 16.0 Å². The van der Waals surface area contributed by atoms with E-state index in [0.29, 0.717) is 32.2 Å². The first kappa shape index (κ1) is 32.7. The van der Waals surface area contributed by atoms with E-state index in [-0.39, 0.29) is 44.7 Å². The van der Waals surface area contributed by atoms with Crippen LogP contribution in [0.4, 0.5) is 9.59 Å². The van der Waals surface area contributed by atoms with Crippen LogP contribution in [0.1, 0.15) is 35.1 Å². The molecule has 228 valence electrons. The molecule has 0 saturated heterocycles. The molecule has 0 aromatic heterocycles. The van der Waals surface area contributed by atoms with Gasteiger partial charge in [0.15, 0.2) is 0 Å². The Labute approximate surface area is 252 Å². The molecule has 0 aliphatic carbocycles. The Kier molecular flexibility index (Phi) is 14.1. The minimum atomic E-state index is -0.589. The number of amides is 4.